The van der Waals surface area contributed by atoms with E-state index in [2.05, 4.69) is 5.32 Å². The molecule has 2 heterocycles. The lowest BCUT2D eigenvalue weighted by Gasteiger charge is -2.18. The molecule has 36 heavy (non-hydrogen) atoms. The molecule has 3 aromatic rings. The maximum Gasteiger partial charge on any atom is 0.340 e. The average Bonchev–Trinajstić information content (AvgIpc) is 3.49. The number of methoxy groups -OCH3 is 1. The third kappa shape index (κ3) is 5.38. The summed E-state index contributed by atoms with van der Waals surface area (Å²) in [5.41, 5.74) is 3.38. The van der Waals surface area contributed by atoms with Crippen LogP contribution in [0.4, 0.5) is 5.69 Å². The molecule has 1 aromatic heterocycles. The zero-order valence-corrected chi connectivity index (χ0v) is 20.2. The number of hydrogen-bond acceptors (Lipinski definition) is 6. The molecule has 0 spiro atoms. The quantitative estimate of drug-likeness (QED) is 0.379. The van der Waals surface area contributed by atoms with Gasteiger partial charge in [-0.3, -0.25) is 14.5 Å². The fourth-order valence-electron chi connectivity index (χ4n) is 3.81. The molecular weight excluding hydrogens is 460 g/mol. The van der Waals surface area contributed by atoms with Gasteiger partial charge in [-0.15, -0.1) is 0 Å². The largest absolute Gasteiger partial charge is 0.484 e. The van der Waals surface area contributed by atoms with Gasteiger partial charge in [0.2, 0.25) is 0 Å². The maximum atomic E-state index is 13.4. The number of nitrogens with one attached hydrogen (secondary N) is 1. The predicted octanol–water partition coefficient (Wildman–Crippen LogP) is 4.16. The highest BCUT2D eigenvalue weighted by molar-refractivity contribution is 6.23. The third-order valence-electron chi connectivity index (χ3n) is 5.68. The SMILES string of the molecule is COC(=O)C1=C(C)N(c2ccc(C)cc2)C(=O)/C1=C\c1ccc(OCC(=O)NCc2ccco2)cc1. The molecule has 0 bridgehead atoms. The van der Waals surface area contributed by atoms with Crippen molar-refractivity contribution in [1.29, 1.82) is 0 Å². The Kier molecular flexibility index (Phi) is 7.34. The second kappa shape index (κ2) is 10.8. The van der Waals surface area contributed by atoms with Crippen LogP contribution in [-0.2, 0) is 25.7 Å². The molecule has 184 valence electrons. The minimum atomic E-state index is -0.581. The summed E-state index contributed by atoms with van der Waals surface area (Å²) in [6.07, 6.45) is 3.19. The number of esters is 1. The second-order valence-electron chi connectivity index (χ2n) is 8.20. The Morgan fingerprint density at radius 3 is 2.39 bits per heavy atom. The number of nitrogens with zero attached hydrogens (tertiary/aromatic N) is 1. The summed E-state index contributed by atoms with van der Waals surface area (Å²) in [6, 6.07) is 17.9. The van der Waals surface area contributed by atoms with Crippen LogP contribution in [0.15, 0.2) is 88.2 Å². The molecule has 1 aliphatic heterocycles. The standard InChI is InChI=1S/C28H26N2O6/c1-18-6-10-21(11-7-18)30-19(2)26(28(33)34-3)24(27(30)32)15-20-8-12-22(13-9-20)36-17-25(31)29-16-23-5-4-14-35-23/h4-15H,16-17H2,1-3H3,(H,29,31)/b24-15-. The van der Waals surface area contributed by atoms with Crippen LogP contribution in [0.1, 0.15) is 23.8 Å². The molecule has 1 N–H and O–H groups in total. The van der Waals surface area contributed by atoms with Crippen molar-refractivity contribution in [1.82, 2.24) is 5.32 Å². The van der Waals surface area contributed by atoms with Crippen molar-refractivity contribution in [3.05, 3.63) is 101 Å². The van der Waals surface area contributed by atoms with E-state index in [1.165, 1.54) is 12.0 Å². The van der Waals surface area contributed by atoms with E-state index in [0.29, 0.717) is 28.5 Å². The normalized spacial score (nSPS) is 14.4. The van der Waals surface area contributed by atoms with Crippen LogP contribution in [0, 0.1) is 6.92 Å². The molecule has 2 aromatic carbocycles. The molecule has 8 nitrogen and oxygen atoms in total. The number of ether oxygens (including phenoxy) is 2. The summed E-state index contributed by atoms with van der Waals surface area (Å²) in [5, 5.41) is 2.71. The van der Waals surface area contributed by atoms with Gasteiger partial charge in [0.05, 0.1) is 31.1 Å². The van der Waals surface area contributed by atoms with E-state index >= 15 is 0 Å². The van der Waals surface area contributed by atoms with Gasteiger partial charge < -0.3 is 19.2 Å². The Bertz CT molecular complexity index is 1320. The number of carbonyl (C=O) groups is 3. The maximum absolute atomic E-state index is 13.4. The lowest BCUT2D eigenvalue weighted by molar-refractivity contribution is -0.136. The van der Waals surface area contributed by atoms with E-state index in [4.69, 9.17) is 13.9 Å². The van der Waals surface area contributed by atoms with Crippen LogP contribution >= 0.6 is 0 Å². The first-order valence-corrected chi connectivity index (χ1v) is 11.3. The Labute approximate surface area is 208 Å². The third-order valence-corrected chi connectivity index (χ3v) is 5.68. The molecule has 2 amide bonds. The fraction of sp³-hybridized carbons (Fsp3) is 0.179. The van der Waals surface area contributed by atoms with Gasteiger partial charge in [-0.2, -0.15) is 0 Å². The highest BCUT2D eigenvalue weighted by Gasteiger charge is 2.37. The van der Waals surface area contributed by atoms with Gasteiger partial charge in [0.1, 0.15) is 11.5 Å². The summed E-state index contributed by atoms with van der Waals surface area (Å²) in [4.78, 5) is 39.4. The van der Waals surface area contributed by atoms with Gasteiger partial charge in [0, 0.05) is 11.4 Å². The molecule has 8 heteroatoms. The van der Waals surface area contributed by atoms with E-state index < -0.39 is 5.97 Å². The summed E-state index contributed by atoms with van der Waals surface area (Å²) in [5.74, 6) is -0.0378. The summed E-state index contributed by atoms with van der Waals surface area (Å²) < 4.78 is 15.7. The van der Waals surface area contributed by atoms with Gasteiger partial charge in [-0.25, -0.2) is 4.79 Å². The Morgan fingerprint density at radius 1 is 1.03 bits per heavy atom. The lowest BCUT2D eigenvalue weighted by atomic mass is 10.0. The predicted molar refractivity (Wildman–Crippen MR) is 134 cm³/mol. The molecule has 0 saturated heterocycles. The topological polar surface area (TPSA) is 98.1 Å². The van der Waals surface area contributed by atoms with Crippen molar-refractivity contribution in [2.45, 2.75) is 20.4 Å². The number of anilines is 1. The summed E-state index contributed by atoms with van der Waals surface area (Å²) in [7, 11) is 1.29. The zero-order valence-electron chi connectivity index (χ0n) is 20.2. The van der Waals surface area contributed by atoms with Gasteiger partial charge in [-0.05, 0) is 61.9 Å². The van der Waals surface area contributed by atoms with E-state index in [-0.39, 0.29) is 36.1 Å². The van der Waals surface area contributed by atoms with Crippen LogP contribution in [0.3, 0.4) is 0 Å². The number of allylic oxidation sites excluding steroid dienone is 1. The fourth-order valence-corrected chi connectivity index (χ4v) is 3.81. The first kappa shape index (κ1) is 24.5. The van der Waals surface area contributed by atoms with Gasteiger partial charge in [0.25, 0.3) is 11.8 Å². The van der Waals surface area contributed by atoms with Crippen molar-refractivity contribution in [2.75, 3.05) is 18.6 Å². The van der Waals surface area contributed by atoms with E-state index in [1.54, 1.807) is 55.7 Å². The number of amides is 2. The highest BCUT2D eigenvalue weighted by Crippen LogP contribution is 2.35. The first-order chi connectivity index (χ1) is 17.4. The molecule has 0 unspecified atom stereocenters. The molecular formula is C28H26N2O6. The van der Waals surface area contributed by atoms with Gasteiger partial charge in [0.15, 0.2) is 6.61 Å². The molecule has 0 radical (unpaired) electrons. The average molecular weight is 487 g/mol. The van der Waals surface area contributed by atoms with Crippen LogP contribution in [0.5, 0.6) is 5.75 Å². The zero-order chi connectivity index (χ0) is 25.7. The number of hydrogen-bond donors (Lipinski definition) is 1. The van der Waals surface area contributed by atoms with Crippen LogP contribution < -0.4 is 15.0 Å². The Hall–Kier alpha value is -4.59. The van der Waals surface area contributed by atoms with E-state index in [1.807, 2.05) is 31.2 Å². The van der Waals surface area contributed by atoms with Crippen LogP contribution in [-0.4, -0.2) is 31.5 Å². The minimum Gasteiger partial charge on any atom is -0.484 e. The number of benzene rings is 2. The number of rotatable bonds is 8. The first-order valence-electron chi connectivity index (χ1n) is 11.3. The van der Waals surface area contributed by atoms with E-state index in [0.717, 1.165) is 5.56 Å². The van der Waals surface area contributed by atoms with Crippen molar-refractivity contribution in [3.8, 4) is 5.75 Å². The molecule has 0 fully saturated rings. The second-order valence-corrected chi connectivity index (χ2v) is 8.20. The van der Waals surface area contributed by atoms with Crippen LogP contribution in [0.25, 0.3) is 6.08 Å². The lowest BCUT2D eigenvalue weighted by Crippen LogP contribution is -2.28. The van der Waals surface area contributed by atoms with Crippen molar-refractivity contribution in [2.24, 2.45) is 0 Å². The van der Waals surface area contributed by atoms with Crippen molar-refractivity contribution in [3.63, 3.8) is 0 Å². The van der Waals surface area contributed by atoms with Gasteiger partial charge >= 0.3 is 5.97 Å². The van der Waals surface area contributed by atoms with Crippen molar-refractivity contribution >= 4 is 29.5 Å². The minimum absolute atomic E-state index is 0.153. The van der Waals surface area contributed by atoms with Crippen molar-refractivity contribution < 1.29 is 28.3 Å². The number of furan rings is 1. The Balaban J connectivity index is 1.48. The number of aryl methyl sites for hydroxylation is 1. The molecule has 0 saturated carbocycles. The Morgan fingerprint density at radius 2 is 1.75 bits per heavy atom. The molecule has 0 atom stereocenters. The molecule has 4 rings (SSSR count). The molecule has 0 aliphatic carbocycles. The van der Waals surface area contributed by atoms with Crippen LogP contribution in [0.2, 0.25) is 0 Å². The highest BCUT2D eigenvalue weighted by atomic mass is 16.5. The summed E-state index contributed by atoms with van der Waals surface area (Å²) >= 11 is 0. The molecule has 1 aliphatic rings. The monoisotopic (exact) mass is 486 g/mol. The summed E-state index contributed by atoms with van der Waals surface area (Å²) in [6.45, 7) is 3.81. The van der Waals surface area contributed by atoms with Gasteiger partial charge in [-0.1, -0.05) is 29.8 Å². The van der Waals surface area contributed by atoms with E-state index in [9.17, 15) is 14.4 Å². The smallest absolute Gasteiger partial charge is 0.340 e. The number of carbonyl (C=O) groups excluding carboxylic acids is 3.